The zero-order valence-corrected chi connectivity index (χ0v) is 9.99. The third-order valence-electron chi connectivity index (χ3n) is 2.73. The number of hydrogen-bond donors (Lipinski definition) is 1. The van der Waals surface area contributed by atoms with E-state index in [1.54, 1.807) is 0 Å². The lowest BCUT2D eigenvalue weighted by atomic mass is 9.87. The van der Waals surface area contributed by atoms with Crippen molar-refractivity contribution >= 4 is 0 Å². The van der Waals surface area contributed by atoms with E-state index in [0.29, 0.717) is 6.61 Å². The lowest BCUT2D eigenvalue weighted by molar-refractivity contribution is 0.0455. The summed E-state index contributed by atoms with van der Waals surface area (Å²) in [7, 11) is 0. The third kappa shape index (κ3) is 2.14. The van der Waals surface area contributed by atoms with Crippen molar-refractivity contribution in [1.29, 1.82) is 0 Å². The number of aliphatic hydroxyl groups excluding tert-OH is 1. The maximum Gasteiger partial charge on any atom is 0.162 e. The molecular weight excluding hydrogens is 204 g/mol. The minimum absolute atomic E-state index is 0.0147. The van der Waals surface area contributed by atoms with Crippen LogP contribution >= 0.6 is 0 Å². The molecule has 0 bridgehead atoms. The van der Waals surface area contributed by atoms with Gasteiger partial charge >= 0.3 is 0 Å². The standard InChI is InChI=1S/C13H18O3/c1-13(2,3)9-4-5-11-12(6-9)16-10(7-14)8-15-11/h4-6,10,14H,7-8H2,1-3H3. The summed E-state index contributed by atoms with van der Waals surface area (Å²) in [6.45, 7) is 6.86. The van der Waals surface area contributed by atoms with Gasteiger partial charge in [0.05, 0.1) is 6.61 Å². The molecule has 1 unspecified atom stereocenters. The molecule has 0 fully saturated rings. The summed E-state index contributed by atoms with van der Waals surface area (Å²) in [6.07, 6.45) is -0.247. The first-order chi connectivity index (χ1) is 7.50. The van der Waals surface area contributed by atoms with E-state index >= 15 is 0 Å². The number of benzene rings is 1. The van der Waals surface area contributed by atoms with Crippen LogP contribution in [0.25, 0.3) is 0 Å². The van der Waals surface area contributed by atoms with Crippen molar-refractivity contribution in [2.75, 3.05) is 13.2 Å². The van der Waals surface area contributed by atoms with Crippen molar-refractivity contribution in [3.05, 3.63) is 23.8 Å². The molecule has 3 heteroatoms. The van der Waals surface area contributed by atoms with Crippen LogP contribution in [0, 0.1) is 0 Å². The fourth-order valence-corrected chi connectivity index (χ4v) is 1.67. The molecule has 1 aromatic carbocycles. The Balaban J connectivity index is 2.31. The van der Waals surface area contributed by atoms with E-state index in [2.05, 4.69) is 26.8 Å². The summed E-state index contributed by atoms with van der Waals surface area (Å²) in [5.74, 6) is 1.50. The highest BCUT2D eigenvalue weighted by molar-refractivity contribution is 5.45. The molecule has 16 heavy (non-hydrogen) atoms. The van der Waals surface area contributed by atoms with Gasteiger partial charge in [0, 0.05) is 0 Å². The zero-order valence-electron chi connectivity index (χ0n) is 9.99. The Kier molecular flexibility index (Phi) is 2.80. The highest BCUT2D eigenvalue weighted by Gasteiger charge is 2.22. The van der Waals surface area contributed by atoms with E-state index in [1.807, 2.05) is 12.1 Å². The van der Waals surface area contributed by atoms with E-state index in [0.717, 1.165) is 11.5 Å². The summed E-state index contributed by atoms with van der Waals surface area (Å²) in [6, 6.07) is 5.99. The summed E-state index contributed by atoms with van der Waals surface area (Å²) >= 11 is 0. The SMILES string of the molecule is CC(C)(C)c1ccc2c(c1)OC(CO)CO2. The average molecular weight is 222 g/mol. The van der Waals surface area contributed by atoms with Gasteiger partial charge in [0.25, 0.3) is 0 Å². The number of aliphatic hydroxyl groups is 1. The third-order valence-corrected chi connectivity index (χ3v) is 2.73. The highest BCUT2D eigenvalue weighted by Crippen LogP contribution is 2.35. The van der Waals surface area contributed by atoms with Crippen molar-refractivity contribution in [3.8, 4) is 11.5 Å². The van der Waals surface area contributed by atoms with Crippen LogP contribution in [0.4, 0.5) is 0 Å². The largest absolute Gasteiger partial charge is 0.486 e. The first-order valence-electron chi connectivity index (χ1n) is 5.55. The Morgan fingerprint density at radius 1 is 1.31 bits per heavy atom. The summed E-state index contributed by atoms with van der Waals surface area (Å²) in [5.41, 5.74) is 1.29. The fraction of sp³-hybridized carbons (Fsp3) is 0.538. The Labute approximate surface area is 96.0 Å². The average Bonchev–Trinajstić information content (AvgIpc) is 2.26. The fourth-order valence-electron chi connectivity index (χ4n) is 1.67. The van der Waals surface area contributed by atoms with Crippen LogP contribution in [0.2, 0.25) is 0 Å². The van der Waals surface area contributed by atoms with Gasteiger partial charge in [-0.2, -0.15) is 0 Å². The van der Waals surface area contributed by atoms with E-state index in [4.69, 9.17) is 14.6 Å². The van der Waals surface area contributed by atoms with Crippen LogP contribution in [0.15, 0.2) is 18.2 Å². The van der Waals surface area contributed by atoms with E-state index < -0.39 is 0 Å². The number of rotatable bonds is 1. The maximum absolute atomic E-state index is 9.04. The lowest BCUT2D eigenvalue weighted by Gasteiger charge is -2.27. The van der Waals surface area contributed by atoms with Gasteiger partial charge < -0.3 is 14.6 Å². The smallest absolute Gasteiger partial charge is 0.162 e. The van der Waals surface area contributed by atoms with Crippen LogP contribution in [0.1, 0.15) is 26.3 Å². The van der Waals surface area contributed by atoms with Gasteiger partial charge in [0.1, 0.15) is 6.61 Å². The van der Waals surface area contributed by atoms with Gasteiger partial charge in [-0.25, -0.2) is 0 Å². The highest BCUT2D eigenvalue weighted by atomic mass is 16.6. The molecule has 1 aliphatic heterocycles. The first-order valence-corrected chi connectivity index (χ1v) is 5.55. The van der Waals surface area contributed by atoms with Crippen molar-refractivity contribution in [2.45, 2.75) is 32.3 Å². The predicted molar refractivity (Wildman–Crippen MR) is 62.1 cm³/mol. The normalized spacial score (nSPS) is 19.6. The van der Waals surface area contributed by atoms with Crippen LogP contribution in [-0.4, -0.2) is 24.4 Å². The predicted octanol–water partition coefficient (Wildman–Crippen LogP) is 2.12. The van der Waals surface area contributed by atoms with Gasteiger partial charge in [0.15, 0.2) is 17.6 Å². The number of ether oxygens (including phenoxy) is 2. The molecule has 1 aliphatic rings. The molecule has 1 atom stereocenters. The molecule has 88 valence electrons. The Morgan fingerprint density at radius 2 is 2.06 bits per heavy atom. The van der Waals surface area contributed by atoms with Crippen molar-refractivity contribution in [3.63, 3.8) is 0 Å². The molecule has 0 aliphatic carbocycles. The molecule has 0 aromatic heterocycles. The number of fused-ring (bicyclic) bond motifs is 1. The van der Waals surface area contributed by atoms with Gasteiger partial charge in [0.2, 0.25) is 0 Å². The van der Waals surface area contributed by atoms with Crippen molar-refractivity contribution in [1.82, 2.24) is 0 Å². The second kappa shape index (κ2) is 3.98. The van der Waals surface area contributed by atoms with Crippen LogP contribution < -0.4 is 9.47 Å². The lowest BCUT2D eigenvalue weighted by Crippen LogP contribution is -2.32. The summed E-state index contributed by atoms with van der Waals surface area (Å²) in [4.78, 5) is 0. The molecule has 0 saturated carbocycles. The van der Waals surface area contributed by atoms with Crippen molar-refractivity contribution in [2.24, 2.45) is 0 Å². The topological polar surface area (TPSA) is 38.7 Å². The molecule has 0 spiro atoms. The Hall–Kier alpha value is -1.22. The molecule has 1 N–H and O–H groups in total. The van der Waals surface area contributed by atoms with Crippen molar-refractivity contribution < 1.29 is 14.6 Å². The molecule has 0 saturated heterocycles. The molecule has 0 amide bonds. The Bertz CT molecular complexity index is 379. The number of hydrogen-bond acceptors (Lipinski definition) is 3. The molecular formula is C13H18O3. The monoisotopic (exact) mass is 222 g/mol. The van der Waals surface area contributed by atoms with Gasteiger partial charge in [-0.15, -0.1) is 0 Å². The second-order valence-corrected chi connectivity index (χ2v) is 5.14. The molecule has 3 nitrogen and oxygen atoms in total. The van der Waals surface area contributed by atoms with E-state index in [9.17, 15) is 0 Å². The van der Waals surface area contributed by atoms with Gasteiger partial charge in [-0.1, -0.05) is 26.8 Å². The quantitative estimate of drug-likeness (QED) is 0.791. The van der Waals surface area contributed by atoms with Crippen LogP contribution in [0.5, 0.6) is 11.5 Å². The summed E-state index contributed by atoms with van der Waals surface area (Å²) in [5, 5.41) is 9.04. The minimum atomic E-state index is -0.247. The summed E-state index contributed by atoms with van der Waals surface area (Å²) < 4.78 is 11.2. The van der Waals surface area contributed by atoms with E-state index in [-0.39, 0.29) is 18.1 Å². The van der Waals surface area contributed by atoms with Gasteiger partial charge in [-0.05, 0) is 23.1 Å². The minimum Gasteiger partial charge on any atom is -0.486 e. The first kappa shape index (κ1) is 11.3. The van der Waals surface area contributed by atoms with E-state index in [1.165, 1.54) is 5.56 Å². The maximum atomic E-state index is 9.04. The molecule has 1 heterocycles. The van der Waals surface area contributed by atoms with Crippen LogP contribution in [0.3, 0.4) is 0 Å². The molecule has 1 aromatic rings. The second-order valence-electron chi connectivity index (χ2n) is 5.14. The van der Waals surface area contributed by atoms with Crippen LogP contribution in [-0.2, 0) is 5.41 Å². The Morgan fingerprint density at radius 3 is 2.69 bits per heavy atom. The molecule has 2 rings (SSSR count). The zero-order chi connectivity index (χ0) is 11.8. The van der Waals surface area contributed by atoms with Gasteiger partial charge in [-0.3, -0.25) is 0 Å². The molecule has 0 radical (unpaired) electrons.